The second-order valence-electron chi connectivity index (χ2n) is 12.8. The van der Waals surface area contributed by atoms with Crippen LogP contribution in [-0.4, -0.2) is 92.8 Å². The van der Waals surface area contributed by atoms with Crippen LogP contribution in [0.1, 0.15) is 77.7 Å². The Morgan fingerprint density at radius 3 is 2.30 bits per heavy atom. The number of benzene rings is 1. The molecule has 2 aliphatic heterocycles. The van der Waals surface area contributed by atoms with E-state index in [4.69, 9.17) is 18.9 Å². The minimum Gasteiger partial charge on any atom is -0.493 e. The molecule has 3 amide bonds. The molecule has 2 aliphatic rings. The van der Waals surface area contributed by atoms with Gasteiger partial charge in [-0.15, -0.1) is 0 Å². The van der Waals surface area contributed by atoms with Crippen LogP contribution < -0.4 is 14.8 Å². The molecule has 11 heteroatoms. The fraction of sp³-hybridized carbons (Fsp3) is 0.697. The molecule has 11 nitrogen and oxygen atoms in total. The zero-order chi connectivity index (χ0) is 32.3. The summed E-state index contributed by atoms with van der Waals surface area (Å²) in [5.74, 6) is 0.644. The summed E-state index contributed by atoms with van der Waals surface area (Å²) in [4.78, 5) is 54.7. The Hall–Kier alpha value is -3.50. The second kappa shape index (κ2) is 16.5. The van der Waals surface area contributed by atoms with E-state index in [9.17, 15) is 19.2 Å². The van der Waals surface area contributed by atoms with Gasteiger partial charge in [-0.25, -0.2) is 9.59 Å². The molecule has 0 aliphatic carbocycles. The van der Waals surface area contributed by atoms with Crippen molar-refractivity contribution in [1.29, 1.82) is 0 Å². The molecule has 1 aromatic rings. The maximum absolute atomic E-state index is 13.2. The van der Waals surface area contributed by atoms with Gasteiger partial charge >= 0.3 is 12.1 Å². The number of methoxy groups -OCH3 is 3. The lowest BCUT2D eigenvalue weighted by molar-refractivity contribution is -0.146. The number of esters is 1. The molecule has 44 heavy (non-hydrogen) atoms. The van der Waals surface area contributed by atoms with Gasteiger partial charge in [-0.2, -0.15) is 0 Å². The van der Waals surface area contributed by atoms with Gasteiger partial charge in [0.1, 0.15) is 11.6 Å². The predicted octanol–water partition coefficient (Wildman–Crippen LogP) is 4.35. The maximum Gasteiger partial charge on any atom is 0.410 e. The molecule has 1 N–H and O–H groups in total. The fourth-order valence-electron chi connectivity index (χ4n) is 5.86. The summed E-state index contributed by atoms with van der Waals surface area (Å²) in [7, 11) is 4.49. The first kappa shape index (κ1) is 35.0. The molecule has 2 atom stereocenters. The van der Waals surface area contributed by atoms with Crippen LogP contribution in [0.2, 0.25) is 0 Å². The van der Waals surface area contributed by atoms with Gasteiger partial charge in [0.25, 0.3) is 0 Å². The molecule has 0 saturated carbocycles. The molecule has 2 heterocycles. The maximum atomic E-state index is 13.2. The monoisotopic (exact) mass is 617 g/mol. The van der Waals surface area contributed by atoms with Crippen molar-refractivity contribution in [1.82, 2.24) is 15.1 Å². The van der Waals surface area contributed by atoms with Crippen LogP contribution in [0.4, 0.5) is 4.79 Å². The van der Waals surface area contributed by atoms with Gasteiger partial charge in [-0.3, -0.25) is 9.59 Å². The third kappa shape index (κ3) is 10.6. The highest BCUT2D eigenvalue weighted by Gasteiger charge is 2.32. The van der Waals surface area contributed by atoms with Crippen LogP contribution in [0.25, 0.3) is 0 Å². The van der Waals surface area contributed by atoms with E-state index in [1.165, 1.54) is 7.11 Å². The van der Waals surface area contributed by atoms with Gasteiger partial charge in [-0.05, 0) is 95.8 Å². The molecule has 0 aromatic heterocycles. The van der Waals surface area contributed by atoms with E-state index in [-0.39, 0.29) is 23.8 Å². The van der Waals surface area contributed by atoms with Gasteiger partial charge in [0.15, 0.2) is 11.5 Å². The van der Waals surface area contributed by atoms with Crippen molar-refractivity contribution in [3.8, 4) is 11.5 Å². The lowest BCUT2D eigenvalue weighted by Gasteiger charge is -2.35. The summed E-state index contributed by atoms with van der Waals surface area (Å²) in [5, 5.41) is 2.90. The molecule has 246 valence electrons. The zero-order valence-corrected chi connectivity index (χ0v) is 27.3. The minimum atomic E-state index is -0.759. The number of hydrogen-bond donors (Lipinski definition) is 1. The van der Waals surface area contributed by atoms with Gasteiger partial charge in [0, 0.05) is 32.6 Å². The van der Waals surface area contributed by atoms with Gasteiger partial charge in [-0.1, -0.05) is 6.07 Å². The molecule has 0 bridgehead atoms. The molecule has 0 unspecified atom stereocenters. The number of rotatable bonds is 12. The zero-order valence-electron chi connectivity index (χ0n) is 27.3. The van der Waals surface area contributed by atoms with E-state index in [0.29, 0.717) is 75.7 Å². The predicted molar refractivity (Wildman–Crippen MR) is 165 cm³/mol. The lowest BCUT2D eigenvalue weighted by atomic mass is 9.91. The number of nitrogens with one attached hydrogen (secondary N) is 1. The van der Waals surface area contributed by atoms with Crippen molar-refractivity contribution in [2.75, 3.05) is 47.5 Å². The molecule has 1 aromatic carbocycles. The Morgan fingerprint density at radius 1 is 0.955 bits per heavy atom. The topological polar surface area (TPSA) is 124 Å². The van der Waals surface area contributed by atoms with Crippen molar-refractivity contribution >= 4 is 23.9 Å². The molecule has 3 rings (SSSR count). The van der Waals surface area contributed by atoms with Crippen molar-refractivity contribution in [2.45, 2.75) is 90.2 Å². The number of carbonyl (C=O) groups excluding carboxylic acids is 4. The number of piperidine rings is 2. The Bertz CT molecular complexity index is 1130. The minimum absolute atomic E-state index is 0.0523. The number of ether oxygens (including phenoxy) is 4. The summed E-state index contributed by atoms with van der Waals surface area (Å²) in [6, 6.07) is 4.95. The SMILES string of the molecule is COC(=O)[C@H](CCCc1ccc(OC)c(OC)c1)NC(=O)[C@@H]1CCCN(C(=O)CCC2CCN(C(=O)OC(C)(C)C)CC2)C1. The number of nitrogens with zero attached hydrogens (tertiary/aromatic N) is 2. The molecule has 0 spiro atoms. The largest absolute Gasteiger partial charge is 0.493 e. The molecule has 2 fully saturated rings. The summed E-state index contributed by atoms with van der Waals surface area (Å²) in [6.07, 6.45) is 5.77. The number of carbonyl (C=O) groups is 4. The third-order valence-electron chi connectivity index (χ3n) is 8.39. The first-order valence-electron chi connectivity index (χ1n) is 15.8. The van der Waals surface area contributed by atoms with Gasteiger partial charge < -0.3 is 34.1 Å². The standard InChI is InChI=1S/C33H51N3O8/c1-33(2,3)44-32(40)35-19-16-23(17-20-35)13-15-29(37)36-18-8-10-25(22-36)30(38)34-26(31(39)43-6)11-7-9-24-12-14-27(41-4)28(21-24)42-5/h12,14,21,23,25-26H,7-11,13,15-20,22H2,1-6H3,(H,34,38)/t25-,26+/m1/s1. The van der Waals surface area contributed by atoms with Crippen LogP contribution in [-0.2, 0) is 30.3 Å². The third-order valence-corrected chi connectivity index (χ3v) is 8.39. The van der Waals surface area contributed by atoms with Crippen molar-refractivity contribution < 1.29 is 38.1 Å². The van der Waals surface area contributed by atoms with E-state index in [2.05, 4.69) is 5.32 Å². The Labute approximate surface area is 261 Å². The molecular weight excluding hydrogens is 566 g/mol. The van der Waals surface area contributed by atoms with Crippen molar-refractivity contribution in [3.63, 3.8) is 0 Å². The van der Waals surface area contributed by atoms with Gasteiger partial charge in [0.2, 0.25) is 11.8 Å². The highest BCUT2D eigenvalue weighted by Crippen LogP contribution is 2.28. The van der Waals surface area contributed by atoms with E-state index in [0.717, 1.165) is 31.2 Å². The van der Waals surface area contributed by atoms with E-state index in [1.54, 1.807) is 24.0 Å². The van der Waals surface area contributed by atoms with Crippen LogP contribution in [0.5, 0.6) is 11.5 Å². The molecule has 0 radical (unpaired) electrons. The number of hydrogen-bond acceptors (Lipinski definition) is 8. The average molecular weight is 618 g/mol. The first-order chi connectivity index (χ1) is 20.9. The lowest BCUT2D eigenvalue weighted by Crippen LogP contribution is -2.49. The highest BCUT2D eigenvalue weighted by atomic mass is 16.6. The smallest absolute Gasteiger partial charge is 0.410 e. The summed E-state index contributed by atoms with van der Waals surface area (Å²) >= 11 is 0. The Balaban J connectivity index is 1.44. The summed E-state index contributed by atoms with van der Waals surface area (Å²) < 4.78 is 21.1. The summed E-state index contributed by atoms with van der Waals surface area (Å²) in [5.41, 5.74) is 0.518. The van der Waals surface area contributed by atoms with Crippen LogP contribution >= 0.6 is 0 Å². The van der Waals surface area contributed by atoms with Gasteiger partial charge in [0.05, 0.1) is 27.2 Å². The van der Waals surface area contributed by atoms with E-state index in [1.807, 2.05) is 39.0 Å². The first-order valence-corrected chi connectivity index (χ1v) is 15.8. The van der Waals surface area contributed by atoms with Crippen LogP contribution in [0.3, 0.4) is 0 Å². The summed E-state index contributed by atoms with van der Waals surface area (Å²) in [6.45, 7) is 7.83. The molecular formula is C33H51N3O8. The van der Waals surface area contributed by atoms with Crippen LogP contribution in [0.15, 0.2) is 18.2 Å². The van der Waals surface area contributed by atoms with Crippen LogP contribution in [0, 0.1) is 11.8 Å². The molecule has 2 saturated heterocycles. The van der Waals surface area contributed by atoms with Crippen molar-refractivity contribution in [2.24, 2.45) is 11.8 Å². The Morgan fingerprint density at radius 2 is 1.66 bits per heavy atom. The Kier molecular flexibility index (Phi) is 13.1. The average Bonchev–Trinajstić information content (AvgIpc) is 3.01. The van der Waals surface area contributed by atoms with E-state index >= 15 is 0 Å². The quantitative estimate of drug-likeness (QED) is 0.344. The number of amides is 3. The number of aryl methyl sites for hydroxylation is 1. The van der Waals surface area contributed by atoms with Crippen molar-refractivity contribution in [3.05, 3.63) is 23.8 Å². The number of likely N-dealkylation sites (tertiary alicyclic amines) is 2. The highest BCUT2D eigenvalue weighted by molar-refractivity contribution is 5.86. The second-order valence-corrected chi connectivity index (χ2v) is 12.8. The van der Waals surface area contributed by atoms with E-state index < -0.39 is 17.6 Å². The fourth-order valence-corrected chi connectivity index (χ4v) is 5.86. The normalized spacial score (nSPS) is 18.3.